The first-order valence-electron chi connectivity index (χ1n) is 8.39. The average molecular weight is 371 g/mol. The van der Waals surface area contributed by atoms with E-state index in [0.29, 0.717) is 0 Å². The summed E-state index contributed by atoms with van der Waals surface area (Å²) >= 11 is 7.73. The molecule has 0 saturated heterocycles. The molecule has 3 aromatic rings. The van der Waals surface area contributed by atoms with E-state index >= 15 is 0 Å². The summed E-state index contributed by atoms with van der Waals surface area (Å²) in [7, 11) is 0. The number of anilines is 2. The van der Waals surface area contributed by atoms with Crippen LogP contribution in [0, 0.1) is 6.92 Å². The van der Waals surface area contributed by atoms with Gasteiger partial charge in [-0.15, -0.1) is 11.3 Å². The van der Waals surface area contributed by atoms with Gasteiger partial charge < -0.3 is 5.32 Å². The van der Waals surface area contributed by atoms with Crippen molar-refractivity contribution < 1.29 is 0 Å². The standard InChI is InChI=1S/C21H23ClN2S/c1-14-5-11-17(12-6-14)23-20-24-19(21(2,3)4)18(25-20)13-15-7-9-16(22)10-8-15/h5-12H,13H2,1-4H3,(H,23,24). The lowest BCUT2D eigenvalue weighted by Gasteiger charge is -2.17. The number of rotatable bonds is 4. The molecule has 3 rings (SSSR count). The van der Waals surface area contributed by atoms with E-state index in [-0.39, 0.29) is 5.41 Å². The molecule has 1 heterocycles. The molecular formula is C21H23ClN2S. The number of halogens is 1. The minimum Gasteiger partial charge on any atom is -0.332 e. The van der Waals surface area contributed by atoms with Crippen LogP contribution in [0.5, 0.6) is 0 Å². The Morgan fingerprint density at radius 1 is 1.00 bits per heavy atom. The fraction of sp³-hybridized carbons (Fsp3) is 0.286. The van der Waals surface area contributed by atoms with Crippen molar-refractivity contribution in [1.82, 2.24) is 4.98 Å². The molecule has 0 aliphatic rings. The summed E-state index contributed by atoms with van der Waals surface area (Å²) in [5.74, 6) is 0. The van der Waals surface area contributed by atoms with E-state index in [4.69, 9.17) is 16.6 Å². The van der Waals surface area contributed by atoms with Gasteiger partial charge in [-0.05, 0) is 36.8 Å². The van der Waals surface area contributed by atoms with Gasteiger partial charge in [-0.3, -0.25) is 0 Å². The number of hydrogen-bond donors (Lipinski definition) is 1. The molecule has 1 aromatic heterocycles. The van der Waals surface area contributed by atoms with Crippen LogP contribution < -0.4 is 5.32 Å². The predicted octanol–water partition coefficient (Wildman–Crippen LogP) is 6.74. The Morgan fingerprint density at radius 3 is 2.24 bits per heavy atom. The van der Waals surface area contributed by atoms with Gasteiger partial charge in [0.25, 0.3) is 0 Å². The fourth-order valence-corrected chi connectivity index (χ4v) is 4.01. The molecule has 0 fully saturated rings. The molecule has 2 aromatic carbocycles. The minimum atomic E-state index is 0.00542. The van der Waals surface area contributed by atoms with Gasteiger partial charge in [0.2, 0.25) is 0 Å². The number of aryl methyl sites for hydroxylation is 1. The second-order valence-electron chi connectivity index (χ2n) is 7.34. The van der Waals surface area contributed by atoms with Crippen molar-refractivity contribution in [3.05, 3.63) is 75.3 Å². The highest BCUT2D eigenvalue weighted by molar-refractivity contribution is 7.15. The molecule has 25 heavy (non-hydrogen) atoms. The number of hydrogen-bond acceptors (Lipinski definition) is 3. The van der Waals surface area contributed by atoms with Crippen LogP contribution in [0.4, 0.5) is 10.8 Å². The Kier molecular flexibility index (Phi) is 5.16. The van der Waals surface area contributed by atoms with Crippen LogP contribution in [-0.4, -0.2) is 4.98 Å². The van der Waals surface area contributed by atoms with E-state index in [1.807, 2.05) is 12.1 Å². The van der Waals surface area contributed by atoms with E-state index in [1.54, 1.807) is 11.3 Å². The van der Waals surface area contributed by atoms with Crippen molar-refractivity contribution in [2.45, 2.75) is 39.5 Å². The van der Waals surface area contributed by atoms with Gasteiger partial charge in [-0.2, -0.15) is 0 Å². The molecule has 130 valence electrons. The van der Waals surface area contributed by atoms with Crippen molar-refractivity contribution in [2.24, 2.45) is 0 Å². The number of benzene rings is 2. The van der Waals surface area contributed by atoms with Crippen LogP contribution in [0.25, 0.3) is 0 Å². The highest BCUT2D eigenvalue weighted by Crippen LogP contribution is 2.35. The smallest absolute Gasteiger partial charge is 0.187 e. The molecule has 0 aliphatic carbocycles. The van der Waals surface area contributed by atoms with Gasteiger partial charge in [-0.25, -0.2) is 4.98 Å². The first-order valence-corrected chi connectivity index (χ1v) is 9.59. The third kappa shape index (κ3) is 4.62. The Morgan fingerprint density at radius 2 is 1.64 bits per heavy atom. The molecule has 0 unspecified atom stereocenters. The topological polar surface area (TPSA) is 24.9 Å². The van der Waals surface area contributed by atoms with Crippen molar-refractivity contribution in [3.8, 4) is 0 Å². The van der Waals surface area contributed by atoms with Gasteiger partial charge in [0, 0.05) is 27.4 Å². The molecule has 0 saturated carbocycles. The maximum Gasteiger partial charge on any atom is 0.187 e. The SMILES string of the molecule is Cc1ccc(Nc2nc(C(C)(C)C)c(Cc3ccc(Cl)cc3)s2)cc1. The maximum atomic E-state index is 6.00. The van der Waals surface area contributed by atoms with Crippen molar-refractivity contribution in [2.75, 3.05) is 5.32 Å². The quantitative estimate of drug-likeness (QED) is 0.550. The number of nitrogens with zero attached hydrogens (tertiary/aromatic N) is 1. The molecule has 0 amide bonds. The molecule has 0 radical (unpaired) electrons. The monoisotopic (exact) mass is 370 g/mol. The van der Waals surface area contributed by atoms with E-state index in [0.717, 1.165) is 28.0 Å². The lowest BCUT2D eigenvalue weighted by molar-refractivity contribution is 0.568. The van der Waals surface area contributed by atoms with Crippen LogP contribution in [0.15, 0.2) is 48.5 Å². The van der Waals surface area contributed by atoms with Gasteiger partial charge in [0.05, 0.1) is 5.69 Å². The van der Waals surface area contributed by atoms with E-state index < -0.39 is 0 Å². The van der Waals surface area contributed by atoms with Gasteiger partial charge in [-0.1, -0.05) is 62.2 Å². The summed E-state index contributed by atoms with van der Waals surface area (Å²) < 4.78 is 0. The highest BCUT2D eigenvalue weighted by atomic mass is 35.5. The normalized spacial score (nSPS) is 11.6. The Bertz CT molecular complexity index is 843. The Labute approximate surface area is 158 Å². The van der Waals surface area contributed by atoms with Gasteiger partial charge >= 0.3 is 0 Å². The lowest BCUT2D eigenvalue weighted by Crippen LogP contribution is -2.14. The fourth-order valence-electron chi connectivity index (χ4n) is 2.66. The maximum absolute atomic E-state index is 6.00. The molecule has 1 N–H and O–H groups in total. The average Bonchev–Trinajstić information content (AvgIpc) is 2.95. The zero-order valence-electron chi connectivity index (χ0n) is 15.1. The van der Waals surface area contributed by atoms with Gasteiger partial charge in [0.15, 0.2) is 5.13 Å². The zero-order chi connectivity index (χ0) is 18.0. The van der Waals surface area contributed by atoms with E-state index in [2.05, 4.69) is 69.4 Å². The predicted molar refractivity (Wildman–Crippen MR) is 110 cm³/mol. The van der Waals surface area contributed by atoms with Crippen LogP contribution in [-0.2, 0) is 11.8 Å². The minimum absolute atomic E-state index is 0.00542. The molecular weight excluding hydrogens is 348 g/mol. The third-order valence-electron chi connectivity index (χ3n) is 3.99. The second-order valence-corrected chi connectivity index (χ2v) is 8.86. The van der Waals surface area contributed by atoms with Crippen molar-refractivity contribution >= 4 is 33.8 Å². The summed E-state index contributed by atoms with van der Waals surface area (Å²) in [5.41, 5.74) is 4.73. The molecule has 0 bridgehead atoms. The molecule has 2 nitrogen and oxygen atoms in total. The largest absolute Gasteiger partial charge is 0.332 e. The highest BCUT2D eigenvalue weighted by Gasteiger charge is 2.23. The third-order valence-corrected chi connectivity index (χ3v) is 5.21. The zero-order valence-corrected chi connectivity index (χ0v) is 16.6. The summed E-state index contributed by atoms with van der Waals surface area (Å²) in [5, 5.41) is 5.16. The number of nitrogens with one attached hydrogen (secondary N) is 1. The summed E-state index contributed by atoms with van der Waals surface area (Å²) in [6.07, 6.45) is 0.872. The van der Waals surface area contributed by atoms with Crippen molar-refractivity contribution in [3.63, 3.8) is 0 Å². The van der Waals surface area contributed by atoms with Crippen molar-refractivity contribution in [1.29, 1.82) is 0 Å². The first-order chi connectivity index (χ1) is 11.8. The lowest BCUT2D eigenvalue weighted by atomic mass is 9.90. The van der Waals surface area contributed by atoms with Crippen LogP contribution in [0.3, 0.4) is 0 Å². The molecule has 0 aliphatic heterocycles. The summed E-state index contributed by atoms with van der Waals surface area (Å²) in [4.78, 5) is 6.19. The second kappa shape index (κ2) is 7.19. The van der Waals surface area contributed by atoms with E-state index in [1.165, 1.54) is 16.0 Å². The van der Waals surface area contributed by atoms with Crippen LogP contribution in [0.1, 0.15) is 42.5 Å². The Hall–Kier alpha value is -1.84. The molecule has 0 atom stereocenters. The van der Waals surface area contributed by atoms with Gasteiger partial charge in [0.1, 0.15) is 0 Å². The van der Waals surface area contributed by atoms with Crippen LogP contribution >= 0.6 is 22.9 Å². The number of thiazole rings is 1. The summed E-state index contributed by atoms with van der Waals surface area (Å²) in [6.45, 7) is 8.73. The van der Waals surface area contributed by atoms with E-state index in [9.17, 15) is 0 Å². The summed E-state index contributed by atoms with van der Waals surface area (Å²) in [6, 6.07) is 16.5. The molecule has 4 heteroatoms. The Balaban J connectivity index is 1.89. The first kappa shape index (κ1) is 18.0. The molecule has 0 spiro atoms. The number of aromatic nitrogens is 1. The van der Waals surface area contributed by atoms with Crippen LogP contribution in [0.2, 0.25) is 5.02 Å².